The van der Waals surface area contributed by atoms with Gasteiger partial charge in [0.2, 0.25) is 0 Å². The predicted molar refractivity (Wildman–Crippen MR) is 233 cm³/mol. The molecule has 11 aromatic carbocycles. The molecule has 0 radical (unpaired) electrons. The fourth-order valence-electron chi connectivity index (χ4n) is 8.89. The van der Waals surface area contributed by atoms with E-state index in [-0.39, 0.29) is 0 Å². The van der Waals surface area contributed by atoms with Crippen molar-refractivity contribution >= 4 is 64.6 Å². The SMILES string of the molecule is c1ccc(-c2ccc(-c3c4ccccc4c(-c4ccc5ccccc5c4)c4ccc(-c5cc6ccc7ccccc7c6c6ccccc56)cc34)cc2)cc1. The van der Waals surface area contributed by atoms with E-state index in [4.69, 9.17) is 0 Å². The van der Waals surface area contributed by atoms with Crippen LogP contribution < -0.4 is 0 Å². The number of fused-ring (bicyclic) bond motifs is 8. The molecule has 250 valence electrons. The summed E-state index contributed by atoms with van der Waals surface area (Å²) >= 11 is 0. The zero-order valence-corrected chi connectivity index (χ0v) is 29.6. The number of benzene rings is 11. The Labute approximate surface area is 314 Å². The molecule has 0 spiro atoms. The first kappa shape index (κ1) is 30.6. The summed E-state index contributed by atoms with van der Waals surface area (Å²) in [5.74, 6) is 0. The van der Waals surface area contributed by atoms with Crippen LogP contribution in [-0.4, -0.2) is 0 Å². The zero-order chi connectivity index (χ0) is 35.6. The van der Waals surface area contributed by atoms with Gasteiger partial charge in [-0.15, -0.1) is 0 Å². The van der Waals surface area contributed by atoms with Gasteiger partial charge in [0.1, 0.15) is 0 Å². The van der Waals surface area contributed by atoms with Gasteiger partial charge in [0, 0.05) is 0 Å². The van der Waals surface area contributed by atoms with E-state index in [0.717, 1.165) is 0 Å². The maximum Gasteiger partial charge on any atom is -0.00261 e. The maximum atomic E-state index is 2.46. The molecule has 0 aliphatic rings. The molecule has 0 saturated carbocycles. The number of hydrogen-bond acceptors (Lipinski definition) is 0. The molecule has 0 fully saturated rings. The van der Waals surface area contributed by atoms with Crippen LogP contribution in [0.1, 0.15) is 0 Å². The molecule has 11 rings (SSSR count). The van der Waals surface area contributed by atoms with Gasteiger partial charge in [0.05, 0.1) is 0 Å². The zero-order valence-electron chi connectivity index (χ0n) is 29.6. The highest BCUT2D eigenvalue weighted by molar-refractivity contribution is 6.25. The highest BCUT2D eigenvalue weighted by Gasteiger charge is 2.19. The van der Waals surface area contributed by atoms with Gasteiger partial charge in [-0.3, -0.25) is 0 Å². The van der Waals surface area contributed by atoms with E-state index >= 15 is 0 Å². The van der Waals surface area contributed by atoms with Crippen LogP contribution in [0, 0.1) is 0 Å². The Hall–Kier alpha value is -7.02. The summed E-state index contributed by atoms with van der Waals surface area (Å²) in [6, 6.07) is 76.2. The minimum Gasteiger partial charge on any atom is -0.0622 e. The van der Waals surface area contributed by atoms with Crippen molar-refractivity contribution in [3.63, 3.8) is 0 Å². The molecule has 54 heavy (non-hydrogen) atoms. The standard InChI is InChI=1S/C54H34/c1-2-12-35(13-3-1)37-22-26-39(27-23-37)52-47-20-10-11-21-48(47)54(42-28-24-36-14-4-5-16-40(36)32-42)49-31-30-41(33-51(49)52)50-34-43-29-25-38-15-6-7-17-44(38)53(43)46-19-9-8-18-45(46)50/h1-34H. The minimum atomic E-state index is 1.22. The second kappa shape index (κ2) is 12.3. The Bertz CT molecular complexity index is 3240. The first-order chi connectivity index (χ1) is 26.8. The van der Waals surface area contributed by atoms with Gasteiger partial charge in [0.25, 0.3) is 0 Å². The highest BCUT2D eigenvalue weighted by atomic mass is 14.2. The Morgan fingerprint density at radius 1 is 0.204 bits per heavy atom. The molecule has 0 aliphatic heterocycles. The molecule has 0 nitrogen and oxygen atoms in total. The minimum absolute atomic E-state index is 1.22. The lowest BCUT2D eigenvalue weighted by Crippen LogP contribution is -1.92. The highest BCUT2D eigenvalue weighted by Crippen LogP contribution is 2.47. The van der Waals surface area contributed by atoms with Gasteiger partial charge in [-0.25, -0.2) is 0 Å². The van der Waals surface area contributed by atoms with Gasteiger partial charge in [-0.05, 0) is 127 Å². The van der Waals surface area contributed by atoms with Crippen molar-refractivity contribution in [1.82, 2.24) is 0 Å². The van der Waals surface area contributed by atoms with Crippen LogP contribution in [0.5, 0.6) is 0 Å². The molecule has 0 atom stereocenters. The Balaban J connectivity index is 1.22. The van der Waals surface area contributed by atoms with Gasteiger partial charge in [-0.2, -0.15) is 0 Å². The van der Waals surface area contributed by atoms with Crippen molar-refractivity contribution in [3.05, 3.63) is 206 Å². The second-order valence-electron chi connectivity index (χ2n) is 14.4. The number of hydrogen-bond donors (Lipinski definition) is 0. The molecule has 0 heteroatoms. The summed E-state index contributed by atoms with van der Waals surface area (Å²) < 4.78 is 0. The van der Waals surface area contributed by atoms with Crippen molar-refractivity contribution in [2.45, 2.75) is 0 Å². The Morgan fingerprint density at radius 3 is 1.48 bits per heavy atom. The quantitative estimate of drug-likeness (QED) is 0.128. The normalized spacial score (nSPS) is 11.7. The van der Waals surface area contributed by atoms with Crippen LogP contribution in [0.2, 0.25) is 0 Å². The van der Waals surface area contributed by atoms with Gasteiger partial charge >= 0.3 is 0 Å². The maximum absolute atomic E-state index is 2.46. The summed E-state index contributed by atoms with van der Waals surface area (Å²) in [6.07, 6.45) is 0. The first-order valence-electron chi connectivity index (χ1n) is 18.8. The lowest BCUT2D eigenvalue weighted by Gasteiger charge is -2.20. The molecule has 0 amide bonds. The van der Waals surface area contributed by atoms with E-state index in [2.05, 4.69) is 206 Å². The third-order valence-corrected chi connectivity index (χ3v) is 11.4. The predicted octanol–water partition coefficient (Wildman–Crippen LogP) is 15.3. The van der Waals surface area contributed by atoms with Crippen molar-refractivity contribution in [2.75, 3.05) is 0 Å². The van der Waals surface area contributed by atoms with Gasteiger partial charge in [0.15, 0.2) is 0 Å². The van der Waals surface area contributed by atoms with Crippen molar-refractivity contribution in [1.29, 1.82) is 0 Å². The van der Waals surface area contributed by atoms with E-state index < -0.39 is 0 Å². The van der Waals surface area contributed by atoms with Crippen molar-refractivity contribution in [2.24, 2.45) is 0 Å². The molecule has 0 aromatic heterocycles. The molecule has 0 heterocycles. The summed E-state index contributed by atoms with van der Waals surface area (Å²) in [5, 5.41) is 15.2. The summed E-state index contributed by atoms with van der Waals surface area (Å²) in [7, 11) is 0. The van der Waals surface area contributed by atoms with Crippen LogP contribution in [0.3, 0.4) is 0 Å². The van der Waals surface area contributed by atoms with Crippen molar-refractivity contribution < 1.29 is 0 Å². The molecule has 0 aliphatic carbocycles. The van der Waals surface area contributed by atoms with E-state index in [1.165, 1.54) is 109 Å². The summed E-state index contributed by atoms with van der Waals surface area (Å²) in [6.45, 7) is 0. The van der Waals surface area contributed by atoms with Gasteiger partial charge in [-0.1, -0.05) is 188 Å². The third kappa shape index (κ3) is 4.85. The topological polar surface area (TPSA) is 0 Å². The van der Waals surface area contributed by atoms with E-state index in [0.29, 0.717) is 0 Å². The fraction of sp³-hybridized carbons (Fsp3) is 0. The van der Waals surface area contributed by atoms with Crippen molar-refractivity contribution in [3.8, 4) is 44.5 Å². The molecular weight excluding hydrogens is 649 g/mol. The Morgan fingerprint density at radius 2 is 0.704 bits per heavy atom. The second-order valence-corrected chi connectivity index (χ2v) is 14.4. The fourth-order valence-corrected chi connectivity index (χ4v) is 8.89. The number of rotatable bonds is 4. The monoisotopic (exact) mass is 682 g/mol. The third-order valence-electron chi connectivity index (χ3n) is 11.4. The van der Waals surface area contributed by atoms with E-state index in [1.807, 2.05) is 0 Å². The van der Waals surface area contributed by atoms with Crippen LogP contribution in [0.25, 0.3) is 109 Å². The van der Waals surface area contributed by atoms with E-state index in [1.54, 1.807) is 0 Å². The summed E-state index contributed by atoms with van der Waals surface area (Å²) in [4.78, 5) is 0. The van der Waals surface area contributed by atoms with Crippen LogP contribution in [0.15, 0.2) is 206 Å². The van der Waals surface area contributed by atoms with Crippen LogP contribution >= 0.6 is 0 Å². The molecule has 0 unspecified atom stereocenters. The molecular formula is C54H34. The summed E-state index contributed by atoms with van der Waals surface area (Å²) in [5.41, 5.74) is 9.90. The lowest BCUT2D eigenvalue weighted by atomic mass is 9.83. The molecule has 0 saturated heterocycles. The average Bonchev–Trinajstić information content (AvgIpc) is 3.25. The van der Waals surface area contributed by atoms with Crippen LogP contribution in [0.4, 0.5) is 0 Å². The molecule has 11 aromatic rings. The average molecular weight is 683 g/mol. The van der Waals surface area contributed by atoms with Crippen LogP contribution in [-0.2, 0) is 0 Å². The Kier molecular flexibility index (Phi) is 6.97. The largest absolute Gasteiger partial charge is 0.0622 e. The van der Waals surface area contributed by atoms with E-state index in [9.17, 15) is 0 Å². The first-order valence-corrected chi connectivity index (χ1v) is 18.8. The lowest BCUT2D eigenvalue weighted by molar-refractivity contribution is 1.61. The smallest absolute Gasteiger partial charge is 0.00261 e. The molecule has 0 N–H and O–H groups in total. The molecule has 0 bridgehead atoms. The van der Waals surface area contributed by atoms with Gasteiger partial charge < -0.3 is 0 Å².